The molecule has 1 saturated carbocycles. The quantitative estimate of drug-likeness (QED) is 0.827. The minimum atomic E-state index is 0.726. The largest absolute Gasteiger partial charge is 0.497 e. The number of halogens is 1. The van der Waals surface area contributed by atoms with Gasteiger partial charge in [0.1, 0.15) is 5.75 Å². The molecule has 1 aliphatic carbocycles. The summed E-state index contributed by atoms with van der Waals surface area (Å²) in [6, 6.07) is 7.01. The van der Waals surface area contributed by atoms with Crippen molar-refractivity contribution in [1.29, 1.82) is 0 Å². The first kappa shape index (κ1) is 13.9. The lowest BCUT2D eigenvalue weighted by Crippen LogP contribution is -2.23. The molecule has 0 bridgehead atoms. The van der Waals surface area contributed by atoms with Crippen LogP contribution in [-0.2, 0) is 6.42 Å². The molecular weight excluding hydrogens is 290 g/mol. The number of benzene rings is 1. The van der Waals surface area contributed by atoms with Gasteiger partial charge in [-0.1, -0.05) is 22.9 Å². The second kappa shape index (κ2) is 6.58. The van der Waals surface area contributed by atoms with E-state index < -0.39 is 0 Å². The van der Waals surface area contributed by atoms with E-state index in [4.69, 9.17) is 4.74 Å². The van der Waals surface area contributed by atoms with Crippen molar-refractivity contribution < 1.29 is 4.74 Å². The number of hydrogen-bond acceptors (Lipinski definition) is 2. The van der Waals surface area contributed by atoms with Crippen LogP contribution in [0.25, 0.3) is 0 Å². The van der Waals surface area contributed by atoms with Crippen molar-refractivity contribution in [3.8, 4) is 5.75 Å². The highest BCUT2D eigenvalue weighted by Crippen LogP contribution is 2.25. The predicted molar refractivity (Wildman–Crippen MR) is 79.2 cm³/mol. The Bertz CT molecular complexity index is 390. The molecule has 0 aliphatic heterocycles. The molecule has 2 nitrogen and oxygen atoms in total. The topological polar surface area (TPSA) is 21.3 Å². The minimum Gasteiger partial charge on any atom is -0.497 e. The Hall–Kier alpha value is -0.540. The molecule has 1 N–H and O–H groups in total. The highest BCUT2D eigenvalue weighted by atomic mass is 79.9. The Kier molecular flexibility index (Phi) is 5.07. The average molecular weight is 312 g/mol. The SMILES string of the molecule is COc1ccc(Br)c(CCC(C)CNC2CC2)c1. The fraction of sp³-hybridized carbons (Fsp3) is 0.600. The van der Waals surface area contributed by atoms with Gasteiger partial charge in [0.15, 0.2) is 0 Å². The van der Waals surface area contributed by atoms with E-state index in [0.29, 0.717) is 0 Å². The predicted octanol–water partition coefficient (Wildman–Crippen LogP) is 3.78. The van der Waals surface area contributed by atoms with E-state index in [-0.39, 0.29) is 0 Å². The molecule has 0 heterocycles. The van der Waals surface area contributed by atoms with Gasteiger partial charge in [-0.3, -0.25) is 0 Å². The average Bonchev–Trinajstić information content (AvgIpc) is 3.19. The molecule has 1 aromatic carbocycles. The van der Waals surface area contributed by atoms with Crippen molar-refractivity contribution in [2.24, 2.45) is 5.92 Å². The third kappa shape index (κ3) is 4.29. The number of methoxy groups -OCH3 is 1. The number of ether oxygens (including phenoxy) is 1. The van der Waals surface area contributed by atoms with Crippen LogP contribution >= 0.6 is 15.9 Å². The first-order chi connectivity index (χ1) is 8.69. The van der Waals surface area contributed by atoms with Gasteiger partial charge >= 0.3 is 0 Å². The van der Waals surface area contributed by atoms with Crippen LogP contribution in [0.15, 0.2) is 22.7 Å². The molecule has 2 rings (SSSR count). The highest BCUT2D eigenvalue weighted by molar-refractivity contribution is 9.10. The normalized spacial score (nSPS) is 16.6. The van der Waals surface area contributed by atoms with E-state index in [1.54, 1.807) is 7.11 Å². The lowest BCUT2D eigenvalue weighted by atomic mass is 10.0. The van der Waals surface area contributed by atoms with Gasteiger partial charge in [0.25, 0.3) is 0 Å². The van der Waals surface area contributed by atoms with Gasteiger partial charge in [0.05, 0.1) is 7.11 Å². The minimum absolute atomic E-state index is 0.726. The zero-order valence-electron chi connectivity index (χ0n) is 11.2. The fourth-order valence-electron chi connectivity index (χ4n) is 2.03. The lowest BCUT2D eigenvalue weighted by molar-refractivity contribution is 0.413. The van der Waals surface area contributed by atoms with Gasteiger partial charge in [-0.2, -0.15) is 0 Å². The summed E-state index contributed by atoms with van der Waals surface area (Å²) < 4.78 is 6.46. The monoisotopic (exact) mass is 311 g/mol. The van der Waals surface area contributed by atoms with Crippen LogP contribution < -0.4 is 10.1 Å². The summed E-state index contributed by atoms with van der Waals surface area (Å²) >= 11 is 3.61. The maximum absolute atomic E-state index is 5.27. The molecule has 0 spiro atoms. The molecule has 1 fully saturated rings. The van der Waals surface area contributed by atoms with E-state index in [0.717, 1.165) is 30.7 Å². The smallest absolute Gasteiger partial charge is 0.119 e. The summed E-state index contributed by atoms with van der Waals surface area (Å²) in [5.41, 5.74) is 1.34. The third-order valence-electron chi connectivity index (χ3n) is 3.49. The Labute approximate surface area is 118 Å². The second-order valence-electron chi connectivity index (χ2n) is 5.28. The van der Waals surface area contributed by atoms with E-state index in [1.807, 2.05) is 6.07 Å². The molecule has 100 valence electrons. The van der Waals surface area contributed by atoms with Crippen molar-refractivity contribution in [2.75, 3.05) is 13.7 Å². The van der Waals surface area contributed by atoms with Gasteiger partial charge in [-0.25, -0.2) is 0 Å². The zero-order chi connectivity index (χ0) is 13.0. The van der Waals surface area contributed by atoms with E-state index in [1.165, 1.54) is 29.3 Å². The van der Waals surface area contributed by atoms with E-state index in [9.17, 15) is 0 Å². The van der Waals surface area contributed by atoms with Crippen LogP contribution in [-0.4, -0.2) is 19.7 Å². The Morgan fingerprint density at radius 2 is 2.22 bits per heavy atom. The Morgan fingerprint density at radius 3 is 2.89 bits per heavy atom. The van der Waals surface area contributed by atoms with E-state index in [2.05, 4.69) is 40.3 Å². The van der Waals surface area contributed by atoms with Crippen molar-refractivity contribution in [3.05, 3.63) is 28.2 Å². The Morgan fingerprint density at radius 1 is 1.44 bits per heavy atom. The third-order valence-corrected chi connectivity index (χ3v) is 4.27. The van der Waals surface area contributed by atoms with Gasteiger partial charge in [-0.05, 0) is 61.9 Å². The molecule has 0 aromatic heterocycles. The summed E-state index contributed by atoms with van der Waals surface area (Å²) in [6.07, 6.45) is 5.05. The number of rotatable bonds is 7. The molecule has 1 aliphatic rings. The molecule has 18 heavy (non-hydrogen) atoms. The second-order valence-corrected chi connectivity index (χ2v) is 6.14. The number of aryl methyl sites for hydroxylation is 1. The summed E-state index contributed by atoms with van der Waals surface area (Å²) in [7, 11) is 1.72. The van der Waals surface area contributed by atoms with Crippen LogP contribution in [0.4, 0.5) is 0 Å². The summed E-state index contributed by atoms with van der Waals surface area (Å²) in [5.74, 6) is 1.67. The molecular formula is C15H22BrNO. The van der Waals surface area contributed by atoms with Crippen molar-refractivity contribution in [3.63, 3.8) is 0 Å². The molecule has 0 amide bonds. The van der Waals surface area contributed by atoms with Crippen molar-refractivity contribution in [2.45, 2.75) is 38.6 Å². The zero-order valence-corrected chi connectivity index (χ0v) is 12.8. The summed E-state index contributed by atoms with van der Waals surface area (Å²) in [4.78, 5) is 0. The molecule has 0 radical (unpaired) electrons. The Balaban J connectivity index is 1.80. The molecule has 1 aromatic rings. The summed E-state index contributed by atoms with van der Waals surface area (Å²) in [5, 5.41) is 3.59. The van der Waals surface area contributed by atoms with Gasteiger partial charge < -0.3 is 10.1 Å². The molecule has 0 saturated heterocycles. The maximum Gasteiger partial charge on any atom is 0.119 e. The standard InChI is InChI=1S/C15H22BrNO/c1-11(10-17-13-5-6-13)3-4-12-9-14(18-2)7-8-15(12)16/h7-9,11,13,17H,3-6,10H2,1-2H3. The summed E-state index contributed by atoms with van der Waals surface area (Å²) in [6.45, 7) is 3.47. The van der Waals surface area contributed by atoms with Crippen molar-refractivity contribution >= 4 is 15.9 Å². The molecule has 1 unspecified atom stereocenters. The first-order valence-electron chi connectivity index (χ1n) is 6.75. The maximum atomic E-state index is 5.27. The first-order valence-corrected chi connectivity index (χ1v) is 7.54. The van der Waals surface area contributed by atoms with Gasteiger partial charge in [-0.15, -0.1) is 0 Å². The van der Waals surface area contributed by atoms with Crippen LogP contribution in [0.2, 0.25) is 0 Å². The van der Waals surface area contributed by atoms with Crippen LogP contribution in [0.1, 0.15) is 31.7 Å². The fourth-order valence-corrected chi connectivity index (χ4v) is 2.47. The molecule has 3 heteroatoms. The number of hydrogen-bond donors (Lipinski definition) is 1. The van der Waals surface area contributed by atoms with Crippen LogP contribution in [0, 0.1) is 5.92 Å². The van der Waals surface area contributed by atoms with E-state index >= 15 is 0 Å². The van der Waals surface area contributed by atoms with Crippen LogP contribution in [0.3, 0.4) is 0 Å². The molecule has 1 atom stereocenters. The number of nitrogens with one attached hydrogen (secondary N) is 1. The van der Waals surface area contributed by atoms with Gasteiger partial charge in [0.2, 0.25) is 0 Å². The highest BCUT2D eigenvalue weighted by Gasteiger charge is 2.20. The van der Waals surface area contributed by atoms with Gasteiger partial charge in [0, 0.05) is 10.5 Å². The lowest BCUT2D eigenvalue weighted by Gasteiger charge is -2.13. The van der Waals surface area contributed by atoms with Crippen LogP contribution in [0.5, 0.6) is 5.75 Å². The van der Waals surface area contributed by atoms with Crippen molar-refractivity contribution in [1.82, 2.24) is 5.32 Å².